The number of thiophene rings is 1. The lowest BCUT2D eigenvalue weighted by atomic mass is 10.1. The van der Waals surface area contributed by atoms with Crippen LogP contribution in [0.4, 0.5) is 0 Å². The number of halogens is 1. The van der Waals surface area contributed by atoms with Crippen molar-refractivity contribution in [3.05, 3.63) is 51.2 Å². The largest absolute Gasteiger partial charge is 0.506 e. The molecule has 0 aliphatic carbocycles. The topological polar surface area (TPSA) is 49.3 Å². The van der Waals surface area contributed by atoms with Crippen molar-refractivity contribution in [3.63, 3.8) is 0 Å². The van der Waals surface area contributed by atoms with Crippen LogP contribution in [0.15, 0.2) is 35.0 Å². The van der Waals surface area contributed by atoms with E-state index >= 15 is 0 Å². The van der Waals surface area contributed by atoms with Crippen LogP contribution in [-0.4, -0.2) is 17.1 Å². The Hall–Kier alpha value is -1.52. The molecule has 1 heterocycles. The molecule has 19 heavy (non-hydrogen) atoms. The normalized spacial score (nSPS) is 12.1. The Morgan fingerprint density at radius 1 is 1.47 bits per heavy atom. The Morgan fingerprint density at radius 3 is 2.89 bits per heavy atom. The van der Waals surface area contributed by atoms with Crippen molar-refractivity contribution in [3.8, 4) is 5.75 Å². The minimum atomic E-state index is -0.190. The average molecular weight is 296 g/mol. The van der Waals surface area contributed by atoms with E-state index in [0.717, 1.165) is 6.42 Å². The highest BCUT2D eigenvalue weighted by atomic mass is 35.5. The van der Waals surface area contributed by atoms with E-state index in [1.807, 2.05) is 18.4 Å². The van der Waals surface area contributed by atoms with Crippen LogP contribution in [0.5, 0.6) is 5.75 Å². The van der Waals surface area contributed by atoms with Gasteiger partial charge in [-0.25, -0.2) is 0 Å². The molecule has 2 rings (SSSR count). The van der Waals surface area contributed by atoms with Crippen molar-refractivity contribution in [2.75, 3.05) is 0 Å². The van der Waals surface area contributed by atoms with E-state index in [-0.39, 0.29) is 22.7 Å². The molecule has 2 aromatic rings. The first-order chi connectivity index (χ1) is 9.06. The van der Waals surface area contributed by atoms with Crippen LogP contribution < -0.4 is 5.32 Å². The minimum absolute atomic E-state index is 0.0236. The summed E-state index contributed by atoms with van der Waals surface area (Å²) < 4.78 is 0. The second-order valence-corrected chi connectivity index (χ2v) is 5.56. The summed E-state index contributed by atoms with van der Waals surface area (Å²) in [6.07, 6.45) is 0.793. The zero-order valence-electron chi connectivity index (χ0n) is 10.4. The van der Waals surface area contributed by atoms with Crippen LogP contribution in [0.25, 0.3) is 0 Å². The lowest BCUT2D eigenvalue weighted by Crippen LogP contribution is -2.33. The van der Waals surface area contributed by atoms with Gasteiger partial charge < -0.3 is 10.4 Å². The number of nitrogens with one attached hydrogen (secondary N) is 1. The first kappa shape index (κ1) is 13.9. The van der Waals surface area contributed by atoms with Crippen LogP contribution >= 0.6 is 22.9 Å². The zero-order valence-corrected chi connectivity index (χ0v) is 12.0. The molecule has 0 radical (unpaired) electrons. The first-order valence-electron chi connectivity index (χ1n) is 5.86. The van der Waals surface area contributed by atoms with Crippen molar-refractivity contribution >= 4 is 28.8 Å². The number of phenols is 1. The molecule has 0 aliphatic rings. The monoisotopic (exact) mass is 295 g/mol. The third-order valence-electron chi connectivity index (χ3n) is 2.71. The smallest absolute Gasteiger partial charge is 0.251 e. The van der Waals surface area contributed by atoms with Crippen LogP contribution in [0.2, 0.25) is 5.02 Å². The van der Waals surface area contributed by atoms with Crippen LogP contribution in [0.3, 0.4) is 0 Å². The molecule has 3 nitrogen and oxygen atoms in total. The van der Waals surface area contributed by atoms with Gasteiger partial charge in [-0.15, -0.1) is 0 Å². The van der Waals surface area contributed by atoms with Gasteiger partial charge >= 0.3 is 0 Å². The Bertz CT molecular complexity index is 569. The van der Waals surface area contributed by atoms with Crippen LogP contribution in [-0.2, 0) is 6.42 Å². The van der Waals surface area contributed by atoms with Crippen LogP contribution in [0.1, 0.15) is 22.8 Å². The van der Waals surface area contributed by atoms with Gasteiger partial charge in [0.25, 0.3) is 5.91 Å². The third kappa shape index (κ3) is 3.72. The molecule has 100 valence electrons. The van der Waals surface area contributed by atoms with Gasteiger partial charge in [0.2, 0.25) is 0 Å². The van der Waals surface area contributed by atoms with Crippen molar-refractivity contribution in [2.24, 2.45) is 0 Å². The lowest BCUT2D eigenvalue weighted by Gasteiger charge is -2.13. The average Bonchev–Trinajstić information content (AvgIpc) is 2.85. The van der Waals surface area contributed by atoms with Crippen molar-refractivity contribution in [2.45, 2.75) is 19.4 Å². The molecule has 0 fully saturated rings. The Kier molecular flexibility index (Phi) is 4.45. The van der Waals surface area contributed by atoms with Gasteiger partial charge in [0.1, 0.15) is 5.75 Å². The van der Waals surface area contributed by atoms with E-state index in [1.54, 1.807) is 17.4 Å². The van der Waals surface area contributed by atoms with Crippen molar-refractivity contribution in [1.82, 2.24) is 5.32 Å². The number of carbonyl (C=O) groups is 1. The van der Waals surface area contributed by atoms with E-state index < -0.39 is 0 Å². The molecule has 0 bridgehead atoms. The second-order valence-electron chi connectivity index (χ2n) is 4.38. The molecule has 1 aromatic heterocycles. The number of rotatable bonds is 4. The van der Waals surface area contributed by atoms with Gasteiger partial charge in [-0.2, -0.15) is 11.3 Å². The van der Waals surface area contributed by atoms with E-state index in [9.17, 15) is 9.90 Å². The fourth-order valence-corrected chi connectivity index (χ4v) is 2.63. The standard InChI is InChI=1S/C14H14ClNO2S/c1-9(6-10-4-5-19-8-10)16-14(18)11-2-3-13(17)12(15)7-11/h2-5,7-9,17H,6H2,1H3,(H,16,18). The van der Waals surface area contributed by atoms with Gasteiger partial charge in [-0.05, 0) is 53.9 Å². The molecule has 2 N–H and O–H groups in total. The third-order valence-corrected chi connectivity index (χ3v) is 3.74. The molecule has 1 aromatic carbocycles. The Labute approximate surface area is 120 Å². The quantitative estimate of drug-likeness (QED) is 0.907. The van der Waals surface area contributed by atoms with Crippen molar-refractivity contribution < 1.29 is 9.90 Å². The highest BCUT2D eigenvalue weighted by Gasteiger charge is 2.12. The molecular formula is C14H14ClNO2S. The fourth-order valence-electron chi connectivity index (χ4n) is 1.77. The number of amides is 1. The summed E-state index contributed by atoms with van der Waals surface area (Å²) in [6, 6.07) is 6.51. The molecule has 1 atom stereocenters. The predicted octanol–water partition coefficient (Wildman–Crippen LogP) is 3.47. The minimum Gasteiger partial charge on any atom is -0.506 e. The first-order valence-corrected chi connectivity index (χ1v) is 7.19. The SMILES string of the molecule is CC(Cc1ccsc1)NC(=O)c1ccc(O)c(Cl)c1. The highest BCUT2D eigenvalue weighted by Crippen LogP contribution is 2.23. The molecule has 5 heteroatoms. The summed E-state index contributed by atoms with van der Waals surface area (Å²) in [5.41, 5.74) is 1.65. The number of hydrogen-bond acceptors (Lipinski definition) is 3. The van der Waals surface area contributed by atoms with Crippen LogP contribution in [0, 0.1) is 0 Å². The Morgan fingerprint density at radius 2 is 2.26 bits per heavy atom. The van der Waals surface area contributed by atoms with E-state index in [1.165, 1.54) is 17.7 Å². The van der Waals surface area contributed by atoms with Crippen molar-refractivity contribution in [1.29, 1.82) is 0 Å². The number of carbonyl (C=O) groups excluding carboxylic acids is 1. The molecular weight excluding hydrogens is 282 g/mol. The fraction of sp³-hybridized carbons (Fsp3) is 0.214. The summed E-state index contributed by atoms with van der Waals surface area (Å²) in [5, 5.41) is 16.5. The van der Waals surface area contributed by atoms with E-state index in [4.69, 9.17) is 11.6 Å². The van der Waals surface area contributed by atoms with Gasteiger partial charge in [-0.1, -0.05) is 11.6 Å². The molecule has 0 saturated carbocycles. The lowest BCUT2D eigenvalue weighted by molar-refractivity contribution is 0.0940. The summed E-state index contributed by atoms with van der Waals surface area (Å²) in [4.78, 5) is 12.0. The molecule has 0 aliphatic heterocycles. The van der Waals surface area contributed by atoms with Gasteiger partial charge in [0.05, 0.1) is 5.02 Å². The molecule has 0 spiro atoms. The summed E-state index contributed by atoms with van der Waals surface area (Å²) in [5.74, 6) is -0.214. The van der Waals surface area contributed by atoms with E-state index in [0.29, 0.717) is 5.56 Å². The number of phenolic OH excluding ortho intramolecular Hbond substituents is 1. The molecule has 0 saturated heterocycles. The van der Waals surface area contributed by atoms with Gasteiger partial charge in [0, 0.05) is 11.6 Å². The summed E-state index contributed by atoms with van der Waals surface area (Å²) in [7, 11) is 0. The number of hydrogen-bond donors (Lipinski definition) is 2. The second kappa shape index (κ2) is 6.08. The maximum Gasteiger partial charge on any atom is 0.251 e. The number of benzene rings is 1. The molecule has 1 amide bonds. The predicted molar refractivity (Wildman–Crippen MR) is 78.1 cm³/mol. The molecule has 1 unspecified atom stereocenters. The summed E-state index contributed by atoms with van der Waals surface area (Å²) in [6.45, 7) is 1.96. The Balaban J connectivity index is 1.98. The number of aromatic hydroxyl groups is 1. The van der Waals surface area contributed by atoms with Gasteiger partial charge in [-0.3, -0.25) is 4.79 Å². The zero-order chi connectivity index (χ0) is 13.8. The van der Waals surface area contributed by atoms with Gasteiger partial charge in [0.15, 0.2) is 0 Å². The maximum absolute atomic E-state index is 12.0. The highest BCUT2D eigenvalue weighted by molar-refractivity contribution is 7.07. The maximum atomic E-state index is 12.0. The summed E-state index contributed by atoms with van der Waals surface area (Å²) >= 11 is 7.42. The van der Waals surface area contributed by atoms with E-state index in [2.05, 4.69) is 10.7 Å².